The summed E-state index contributed by atoms with van der Waals surface area (Å²) in [7, 11) is 0. The van der Waals surface area contributed by atoms with Crippen molar-refractivity contribution in [2.24, 2.45) is 5.73 Å². The molecule has 1 saturated heterocycles. The first kappa shape index (κ1) is 21.7. The van der Waals surface area contributed by atoms with Gasteiger partial charge in [-0.15, -0.1) is 0 Å². The molecule has 1 aliphatic rings. The van der Waals surface area contributed by atoms with E-state index in [1.54, 1.807) is 36.7 Å². The van der Waals surface area contributed by atoms with Gasteiger partial charge in [-0.3, -0.25) is 14.6 Å². The van der Waals surface area contributed by atoms with Gasteiger partial charge >= 0.3 is 0 Å². The minimum Gasteiger partial charge on any atom is -0.338 e. The predicted molar refractivity (Wildman–Crippen MR) is 125 cm³/mol. The van der Waals surface area contributed by atoms with Gasteiger partial charge in [0.2, 0.25) is 5.91 Å². The second-order valence-corrected chi connectivity index (χ2v) is 8.30. The van der Waals surface area contributed by atoms with Crippen molar-refractivity contribution in [3.05, 3.63) is 95.3 Å². The van der Waals surface area contributed by atoms with Gasteiger partial charge in [0.25, 0.3) is 5.91 Å². The number of pyridine rings is 1. The lowest BCUT2D eigenvalue weighted by molar-refractivity contribution is -0.131. The van der Waals surface area contributed by atoms with Crippen LogP contribution in [-0.2, 0) is 11.2 Å². The molecular formula is C26H28N4O2. The maximum Gasteiger partial charge on any atom is 0.255 e. The van der Waals surface area contributed by atoms with Crippen LogP contribution < -0.4 is 11.1 Å². The Morgan fingerprint density at radius 1 is 1.12 bits per heavy atom. The van der Waals surface area contributed by atoms with E-state index in [1.807, 2.05) is 42.2 Å². The van der Waals surface area contributed by atoms with Crippen molar-refractivity contribution in [1.82, 2.24) is 9.88 Å². The second-order valence-electron chi connectivity index (χ2n) is 8.30. The third-order valence-electron chi connectivity index (χ3n) is 5.97. The van der Waals surface area contributed by atoms with Crippen molar-refractivity contribution >= 4 is 17.5 Å². The third kappa shape index (κ3) is 5.03. The van der Waals surface area contributed by atoms with Crippen LogP contribution >= 0.6 is 0 Å². The molecule has 32 heavy (non-hydrogen) atoms. The zero-order valence-electron chi connectivity index (χ0n) is 18.2. The first-order chi connectivity index (χ1) is 15.5. The number of hydrogen-bond donors (Lipinski definition) is 2. The molecule has 1 aliphatic heterocycles. The highest BCUT2D eigenvalue weighted by molar-refractivity contribution is 6.04. The van der Waals surface area contributed by atoms with E-state index in [1.165, 1.54) is 0 Å². The lowest BCUT2D eigenvalue weighted by atomic mass is 9.96. The molecule has 0 radical (unpaired) electrons. The zero-order chi connectivity index (χ0) is 22.5. The molecule has 0 spiro atoms. The number of nitrogens with one attached hydrogen (secondary N) is 1. The maximum atomic E-state index is 13.0. The highest BCUT2D eigenvalue weighted by Crippen LogP contribution is 2.29. The van der Waals surface area contributed by atoms with Gasteiger partial charge in [-0.1, -0.05) is 42.0 Å². The molecule has 0 aliphatic carbocycles. The number of rotatable bonds is 6. The Hall–Kier alpha value is -3.51. The Bertz CT molecular complexity index is 1080. The molecule has 2 atom stereocenters. The molecule has 4 rings (SSSR count). The van der Waals surface area contributed by atoms with Crippen molar-refractivity contribution in [3.63, 3.8) is 0 Å². The highest BCUT2D eigenvalue weighted by Gasteiger charge is 2.33. The van der Waals surface area contributed by atoms with Crippen molar-refractivity contribution in [2.75, 3.05) is 11.9 Å². The molecule has 0 saturated carbocycles. The summed E-state index contributed by atoms with van der Waals surface area (Å²) in [4.78, 5) is 31.4. The van der Waals surface area contributed by atoms with Crippen LogP contribution in [0.15, 0.2) is 73.1 Å². The number of aromatic nitrogens is 1. The summed E-state index contributed by atoms with van der Waals surface area (Å²) >= 11 is 0. The summed E-state index contributed by atoms with van der Waals surface area (Å²) in [5.74, 6) is -0.0750. The molecule has 0 bridgehead atoms. The minimum atomic E-state index is -0.295. The fraction of sp³-hybridized carbons (Fsp3) is 0.269. The average molecular weight is 429 g/mol. The number of hydrogen-bond acceptors (Lipinski definition) is 4. The molecule has 2 aromatic carbocycles. The van der Waals surface area contributed by atoms with Crippen LogP contribution in [0.2, 0.25) is 0 Å². The third-order valence-corrected chi connectivity index (χ3v) is 5.97. The molecule has 2 amide bonds. The fourth-order valence-electron chi connectivity index (χ4n) is 4.29. The maximum absolute atomic E-state index is 13.0. The van der Waals surface area contributed by atoms with E-state index in [0.717, 1.165) is 36.1 Å². The van der Waals surface area contributed by atoms with Crippen molar-refractivity contribution in [3.8, 4) is 0 Å². The molecule has 1 fully saturated rings. The molecule has 1 aromatic heterocycles. The van der Waals surface area contributed by atoms with Gasteiger partial charge < -0.3 is 16.0 Å². The van der Waals surface area contributed by atoms with Crippen LogP contribution in [0.25, 0.3) is 0 Å². The monoisotopic (exact) mass is 428 g/mol. The summed E-state index contributed by atoms with van der Waals surface area (Å²) in [5.41, 5.74) is 10.9. The van der Waals surface area contributed by atoms with Crippen LogP contribution in [0.4, 0.5) is 5.69 Å². The summed E-state index contributed by atoms with van der Waals surface area (Å²) < 4.78 is 0. The van der Waals surface area contributed by atoms with Gasteiger partial charge in [0.15, 0.2) is 0 Å². The Morgan fingerprint density at radius 2 is 1.88 bits per heavy atom. The topological polar surface area (TPSA) is 88.3 Å². The van der Waals surface area contributed by atoms with Crippen molar-refractivity contribution in [2.45, 2.75) is 38.3 Å². The first-order valence-corrected chi connectivity index (χ1v) is 10.9. The van der Waals surface area contributed by atoms with E-state index in [0.29, 0.717) is 17.7 Å². The standard InChI is InChI=1S/C26H28N4O2/c1-18-4-2-5-19(16-18)17-24(31)30-15-3-6-23(30)25(27)20-7-9-21(10-8-20)26(32)29-22-11-13-28-14-12-22/h2,4-5,7-14,16,23,25H,3,6,15,17,27H2,1H3,(H,28,29,32). The second kappa shape index (κ2) is 9.75. The number of amides is 2. The Balaban J connectivity index is 1.41. The Morgan fingerprint density at radius 3 is 2.59 bits per heavy atom. The van der Waals surface area contributed by atoms with E-state index >= 15 is 0 Å². The summed E-state index contributed by atoms with van der Waals surface area (Å²) in [6, 6.07) is 18.5. The predicted octanol–water partition coefficient (Wildman–Crippen LogP) is 3.88. The minimum absolute atomic E-state index is 0.0381. The van der Waals surface area contributed by atoms with Gasteiger partial charge in [-0.2, -0.15) is 0 Å². The van der Waals surface area contributed by atoms with E-state index in [-0.39, 0.29) is 23.9 Å². The lowest BCUT2D eigenvalue weighted by Crippen LogP contribution is -2.42. The molecule has 164 valence electrons. The number of aryl methyl sites for hydroxylation is 1. The summed E-state index contributed by atoms with van der Waals surface area (Å²) in [6.07, 6.45) is 5.48. The van der Waals surface area contributed by atoms with E-state index in [4.69, 9.17) is 5.73 Å². The smallest absolute Gasteiger partial charge is 0.255 e. The SMILES string of the molecule is Cc1cccc(CC(=O)N2CCCC2C(N)c2ccc(C(=O)Nc3ccncc3)cc2)c1. The van der Waals surface area contributed by atoms with Gasteiger partial charge in [0.1, 0.15) is 0 Å². The van der Waals surface area contributed by atoms with Gasteiger partial charge in [-0.25, -0.2) is 0 Å². The molecule has 3 N–H and O–H groups in total. The Labute approximate surface area is 188 Å². The van der Waals surface area contributed by atoms with Gasteiger partial charge in [0, 0.05) is 30.2 Å². The van der Waals surface area contributed by atoms with Gasteiger partial charge in [0.05, 0.1) is 18.5 Å². The number of carbonyl (C=O) groups excluding carboxylic acids is 2. The lowest BCUT2D eigenvalue weighted by Gasteiger charge is -2.30. The van der Waals surface area contributed by atoms with Crippen LogP contribution in [-0.4, -0.2) is 34.3 Å². The molecule has 2 unspecified atom stereocenters. The molecule has 6 heteroatoms. The number of likely N-dealkylation sites (tertiary alicyclic amines) is 1. The van der Waals surface area contributed by atoms with Crippen LogP contribution in [0.1, 0.15) is 45.9 Å². The normalized spacial score (nSPS) is 16.6. The zero-order valence-corrected chi connectivity index (χ0v) is 18.2. The number of nitrogens with zero attached hydrogens (tertiary/aromatic N) is 2. The number of carbonyl (C=O) groups is 2. The van der Waals surface area contributed by atoms with E-state index in [2.05, 4.69) is 16.4 Å². The van der Waals surface area contributed by atoms with E-state index in [9.17, 15) is 9.59 Å². The quantitative estimate of drug-likeness (QED) is 0.624. The first-order valence-electron chi connectivity index (χ1n) is 10.9. The molecule has 2 heterocycles. The molecule has 3 aromatic rings. The molecular weight excluding hydrogens is 400 g/mol. The van der Waals surface area contributed by atoms with Crippen LogP contribution in [0, 0.1) is 6.92 Å². The Kier molecular flexibility index (Phi) is 6.61. The largest absolute Gasteiger partial charge is 0.338 e. The number of benzene rings is 2. The van der Waals surface area contributed by atoms with E-state index < -0.39 is 0 Å². The van der Waals surface area contributed by atoms with Gasteiger partial charge in [-0.05, 0) is 55.2 Å². The van der Waals surface area contributed by atoms with Crippen LogP contribution in [0.5, 0.6) is 0 Å². The van der Waals surface area contributed by atoms with Crippen LogP contribution in [0.3, 0.4) is 0 Å². The molecule has 6 nitrogen and oxygen atoms in total. The summed E-state index contributed by atoms with van der Waals surface area (Å²) in [6.45, 7) is 2.76. The van der Waals surface area contributed by atoms with Crippen molar-refractivity contribution in [1.29, 1.82) is 0 Å². The fourth-order valence-corrected chi connectivity index (χ4v) is 4.29. The average Bonchev–Trinajstić information content (AvgIpc) is 3.29. The van der Waals surface area contributed by atoms with Crippen molar-refractivity contribution < 1.29 is 9.59 Å². The summed E-state index contributed by atoms with van der Waals surface area (Å²) in [5, 5.41) is 2.85. The number of nitrogens with two attached hydrogens (primary N) is 1. The highest BCUT2D eigenvalue weighted by atomic mass is 16.2. The number of anilines is 1.